The number of anilines is 1. The van der Waals surface area contributed by atoms with Crippen LogP contribution in [-0.2, 0) is 23.2 Å². The van der Waals surface area contributed by atoms with Crippen LogP contribution < -0.4 is 5.73 Å². The Kier molecular flexibility index (Phi) is 6.42. The van der Waals surface area contributed by atoms with E-state index in [2.05, 4.69) is 59.9 Å². The summed E-state index contributed by atoms with van der Waals surface area (Å²) >= 11 is 0. The van der Waals surface area contributed by atoms with Crippen molar-refractivity contribution in [3.63, 3.8) is 0 Å². The molecule has 1 aromatic heterocycles. The van der Waals surface area contributed by atoms with Crippen molar-refractivity contribution < 1.29 is 4.79 Å². The highest BCUT2D eigenvalue weighted by Crippen LogP contribution is 2.23. The fourth-order valence-electron chi connectivity index (χ4n) is 4.16. The van der Waals surface area contributed by atoms with Gasteiger partial charge in [-0.3, -0.25) is 9.69 Å². The second-order valence-electron chi connectivity index (χ2n) is 9.65. The first-order valence-corrected chi connectivity index (χ1v) is 11.4. The van der Waals surface area contributed by atoms with Crippen LogP contribution in [0, 0.1) is 0 Å². The SMILES string of the molecule is CC(C)(C)c1ccc(CCC(=O)N2CCN(Cc3nc(N)c4ccccc4n3)CC2)cc1. The monoisotopic (exact) mass is 431 g/mol. The maximum atomic E-state index is 12.7. The standard InChI is InChI=1S/C26H33N5O/c1-26(2,3)20-11-8-19(9-12-20)10-13-24(32)31-16-14-30(15-17-31)18-23-28-22-7-5-4-6-21(22)25(27)29-23/h4-9,11-12H,10,13-18H2,1-3H3,(H2,27,28,29). The number of nitrogens with two attached hydrogens (primary N) is 1. The number of hydrogen-bond acceptors (Lipinski definition) is 5. The second-order valence-corrected chi connectivity index (χ2v) is 9.65. The Morgan fingerprint density at radius 2 is 1.66 bits per heavy atom. The molecule has 1 aliphatic heterocycles. The third-order valence-electron chi connectivity index (χ3n) is 6.22. The van der Waals surface area contributed by atoms with Gasteiger partial charge >= 0.3 is 0 Å². The van der Waals surface area contributed by atoms with Crippen molar-refractivity contribution in [2.75, 3.05) is 31.9 Å². The average molecular weight is 432 g/mol. The first-order valence-electron chi connectivity index (χ1n) is 11.4. The van der Waals surface area contributed by atoms with Crippen molar-refractivity contribution in [3.05, 3.63) is 65.5 Å². The van der Waals surface area contributed by atoms with Crippen LogP contribution in [0.4, 0.5) is 5.82 Å². The van der Waals surface area contributed by atoms with E-state index in [1.54, 1.807) is 0 Å². The molecule has 6 nitrogen and oxygen atoms in total. The van der Waals surface area contributed by atoms with Crippen LogP contribution >= 0.6 is 0 Å². The Morgan fingerprint density at radius 1 is 0.969 bits per heavy atom. The highest BCUT2D eigenvalue weighted by molar-refractivity contribution is 5.87. The highest BCUT2D eigenvalue weighted by atomic mass is 16.2. The van der Waals surface area contributed by atoms with Crippen LogP contribution in [0.2, 0.25) is 0 Å². The summed E-state index contributed by atoms with van der Waals surface area (Å²) in [6.45, 7) is 10.4. The molecule has 4 rings (SSSR count). The van der Waals surface area contributed by atoms with Crippen LogP contribution in [0.1, 0.15) is 44.1 Å². The number of carbonyl (C=O) groups is 1. The minimum atomic E-state index is 0.150. The van der Waals surface area contributed by atoms with E-state index >= 15 is 0 Å². The number of amides is 1. The second kappa shape index (κ2) is 9.25. The molecule has 168 valence electrons. The number of aryl methyl sites for hydroxylation is 1. The minimum absolute atomic E-state index is 0.150. The summed E-state index contributed by atoms with van der Waals surface area (Å²) < 4.78 is 0. The van der Waals surface area contributed by atoms with E-state index in [1.807, 2.05) is 29.2 Å². The summed E-state index contributed by atoms with van der Waals surface area (Å²) in [7, 11) is 0. The van der Waals surface area contributed by atoms with Crippen molar-refractivity contribution in [3.8, 4) is 0 Å². The lowest BCUT2D eigenvalue weighted by Crippen LogP contribution is -2.48. The zero-order valence-electron chi connectivity index (χ0n) is 19.3. The molecule has 32 heavy (non-hydrogen) atoms. The molecule has 1 amide bonds. The molecular weight excluding hydrogens is 398 g/mol. The molecule has 0 spiro atoms. The van der Waals surface area contributed by atoms with E-state index in [9.17, 15) is 4.79 Å². The summed E-state index contributed by atoms with van der Waals surface area (Å²) in [5.41, 5.74) is 9.68. The lowest BCUT2D eigenvalue weighted by Gasteiger charge is -2.34. The first kappa shape index (κ1) is 22.2. The number of para-hydroxylation sites is 1. The summed E-state index contributed by atoms with van der Waals surface area (Å²) in [6.07, 6.45) is 1.34. The Bertz CT molecular complexity index is 1080. The van der Waals surface area contributed by atoms with Crippen LogP contribution in [0.15, 0.2) is 48.5 Å². The molecule has 1 fully saturated rings. The van der Waals surface area contributed by atoms with E-state index < -0.39 is 0 Å². The van der Waals surface area contributed by atoms with Gasteiger partial charge in [-0.05, 0) is 35.1 Å². The minimum Gasteiger partial charge on any atom is -0.383 e. The summed E-state index contributed by atoms with van der Waals surface area (Å²) in [5.74, 6) is 1.49. The molecule has 0 atom stereocenters. The van der Waals surface area contributed by atoms with Gasteiger partial charge in [0.25, 0.3) is 0 Å². The normalized spacial score (nSPS) is 15.3. The number of fused-ring (bicyclic) bond motifs is 1. The summed E-state index contributed by atoms with van der Waals surface area (Å²) in [5, 5.41) is 0.889. The van der Waals surface area contributed by atoms with Gasteiger partial charge in [0, 0.05) is 38.0 Å². The van der Waals surface area contributed by atoms with E-state index in [4.69, 9.17) is 5.73 Å². The first-order chi connectivity index (χ1) is 15.3. The number of benzene rings is 2. The zero-order chi connectivity index (χ0) is 22.7. The van der Waals surface area contributed by atoms with Gasteiger partial charge in [0.2, 0.25) is 5.91 Å². The Balaban J connectivity index is 1.27. The fraction of sp³-hybridized carbons (Fsp3) is 0.423. The molecule has 2 heterocycles. The van der Waals surface area contributed by atoms with Gasteiger partial charge in [-0.25, -0.2) is 9.97 Å². The lowest BCUT2D eigenvalue weighted by molar-refractivity contribution is -0.133. The molecule has 0 unspecified atom stereocenters. The third-order valence-corrected chi connectivity index (χ3v) is 6.22. The van der Waals surface area contributed by atoms with Gasteiger partial charge in [-0.2, -0.15) is 0 Å². The molecule has 0 radical (unpaired) electrons. The number of aromatic nitrogens is 2. The van der Waals surface area contributed by atoms with Gasteiger partial charge in [-0.1, -0.05) is 57.2 Å². The van der Waals surface area contributed by atoms with Crippen molar-refractivity contribution in [2.45, 2.75) is 45.6 Å². The van der Waals surface area contributed by atoms with E-state index in [0.717, 1.165) is 49.3 Å². The van der Waals surface area contributed by atoms with Crippen molar-refractivity contribution >= 4 is 22.6 Å². The number of carbonyl (C=O) groups excluding carboxylic acids is 1. The molecule has 1 aliphatic rings. The maximum absolute atomic E-state index is 12.7. The van der Waals surface area contributed by atoms with Crippen molar-refractivity contribution in [2.24, 2.45) is 0 Å². The van der Waals surface area contributed by atoms with Gasteiger partial charge < -0.3 is 10.6 Å². The van der Waals surface area contributed by atoms with E-state index in [-0.39, 0.29) is 11.3 Å². The number of nitrogen functional groups attached to an aromatic ring is 1. The van der Waals surface area contributed by atoms with Crippen molar-refractivity contribution in [1.82, 2.24) is 19.8 Å². The van der Waals surface area contributed by atoms with Crippen LogP contribution in [0.25, 0.3) is 10.9 Å². The molecule has 3 aromatic rings. The van der Waals surface area contributed by atoms with Crippen LogP contribution in [0.3, 0.4) is 0 Å². The molecule has 0 saturated carbocycles. The largest absolute Gasteiger partial charge is 0.383 e. The molecule has 0 bridgehead atoms. The maximum Gasteiger partial charge on any atom is 0.222 e. The molecule has 0 aliphatic carbocycles. The number of rotatable bonds is 5. The van der Waals surface area contributed by atoms with Gasteiger partial charge in [0.05, 0.1) is 12.1 Å². The predicted octanol–water partition coefficient (Wildman–Crippen LogP) is 3.79. The zero-order valence-corrected chi connectivity index (χ0v) is 19.3. The van der Waals surface area contributed by atoms with Crippen LogP contribution in [0.5, 0.6) is 0 Å². The predicted molar refractivity (Wildman–Crippen MR) is 129 cm³/mol. The molecule has 6 heteroatoms. The molecule has 2 aromatic carbocycles. The smallest absolute Gasteiger partial charge is 0.222 e. The average Bonchev–Trinajstić information content (AvgIpc) is 2.78. The lowest BCUT2D eigenvalue weighted by atomic mass is 9.86. The van der Waals surface area contributed by atoms with E-state index in [0.29, 0.717) is 18.8 Å². The number of piperazine rings is 1. The van der Waals surface area contributed by atoms with E-state index in [1.165, 1.54) is 11.1 Å². The summed E-state index contributed by atoms with van der Waals surface area (Å²) in [4.78, 5) is 26.1. The molecular formula is C26H33N5O. The van der Waals surface area contributed by atoms with Gasteiger partial charge in [-0.15, -0.1) is 0 Å². The van der Waals surface area contributed by atoms with Crippen molar-refractivity contribution in [1.29, 1.82) is 0 Å². The topological polar surface area (TPSA) is 75.4 Å². The Hall–Kier alpha value is -2.99. The Morgan fingerprint density at radius 3 is 2.34 bits per heavy atom. The number of nitrogens with zero attached hydrogens (tertiary/aromatic N) is 4. The van der Waals surface area contributed by atoms with Crippen LogP contribution in [-0.4, -0.2) is 51.9 Å². The van der Waals surface area contributed by atoms with Gasteiger partial charge in [0.15, 0.2) is 0 Å². The molecule has 1 saturated heterocycles. The quantitative estimate of drug-likeness (QED) is 0.665. The highest BCUT2D eigenvalue weighted by Gasteiger charge is 2.22. The molecule has 2 N–H and O–H groups in total. The van der Waals surface area contributed by atoms with Gasteiger partial charge in [0.1, 0.15) is 11.6 Å². The Labute approximate surface area is 190 Å². The number of hydrogen-bond donors (Lipinski definition) is 1. The fourth-order valence-corrected chi connectivity index (χ4v) is 4.16. The third kappa shape index (κ3) is 5.25. The summed E-state index contributed by atoms with van der Waals surface area (Å²) in [6, 6.07) is 16.5.